The van der Waals surface area contributed by atoms with Crippen LogP contribution >= 0.6 is 0 Å². The number of likely N-dealkylation sites (tertiary alicyclic amines) is 1. The van der Waals surface area contributed by atoms with Crippen molar-refractivity contribution in [2.24, 2.45) is 5.10 Å². The molecule has 0 saturated carbocycles. The number of hydrogen-bond acceptors (Lipinski definition) is 4. The molecule has 1 aliphatic heterocycles. The molecule has 26 heavy (non-hydrogen) atoms. The maximum Gasteiger partial charge on any atom is 0.119 e. The van der Waals surface area contributed by atoms with Gasteiger partial charge in [-0.05, 0) is 75.1 Å². The van der Waals surface area contributed by atoms with E-state index in [2.05, 4.69) is 15.4 Å². The maximum atomic E-state index is 5.90. The lowest BCUT2D eigenvalue weighted by molar-refractivity contribution is 0.216. The van der Waals surface area contributed by atoms with Crippen molar-refractivity contribution in [3.8, 4) is 5.75 Å². The molecule has 0 amide bonds. The normalized spacial score (nSPS) is 15.2. The summed E-state index contributed by atoms with van der Waals surface area (Å²) in [5, 5.41) is 4.28. The van der Waals surface area contributed by atoms with Crippen molar-refractivity contribution in [3.05, 3.63) is 60.2 Å². The Balaban J connectivity index is 1.36. The number of unbranched alkanes of at least 4 members (excludes halogenated alkanes) is 1. The lowest BCUT2D eigenvalue weighted by Gasteiger charge is -2.26. The Labute approximate surface area is 156 Å². The first kappa shape index (κ1) is 18.5. The molecule has 0 atom stereocenters. The van der Waals surface area contributed by atoms with E-state index in [1.54, 1.807) is 0 Å². The molecule has 1 aliphatic rings. The van der Waals surface area contributed by atoms with Gasteiger partial charge in [0.15, 0.2) is 0 Å². The van der Waals surface area contributed by atoms with Gasteiger partial charge in [0.25, 0.3) is 0 Å². The minimum Gasteiger partial charge on any atom is -0.494 e. The summed E-state index contributed by atoms with van der Waals surface area (Å²) < 4.78 is 5.90. The Hall–Kier alpha value is -2.33. The van der Waals surface area contributed by atoms with Crippen LogP contribution in [0.1, 0.15) is 37.7 Å². The Bertz CT molecular complexity index is 666. The molecule has 4 nitrogen and oxygen atoms in total. The number of ether oxygens (including phenoxy) is 1. The summed E-state index contributed by atoms with van der Waals surface area (Å²) in [6.07, 6.45) is 8.26. The smallest absolute Gasteiger partial charge is 0.119 e. The van der Waals surface area contributed by atoms with Crippen molar-refractivity contribution >= 4 is 11.9 Å². The number of hydrogen-bond donors (Lipinski definition) is 1. The third-order valence-corrected chi connectivity index (χ3v) is 4.63. The quantitative estimate of drug-likeness (QED) is 0.401. The monoisotopic (exact) mass is 351 g/mol. The first-order valence-electron chi connectivity index (χ1n) is 9.69. The van der Waals surface area contributed by atoms with E-state index >= 15 is 0 Å². The number of anilines is 1. The van der Waals surface area contributed by atoms with E-state index in [4.69, 9.17) is 4.74 Å². The second kappa shape index (κ2) is 10.6. The van der Waals surface area contributed by atoms with Gasteiger partial charge in [-0.25, -0.2) is 0 Å². The van der Waals surface area contributed by atoms with E-state index < -0.39 is 0 Å². The van der Waals surface area contributed by atoms with Crippen molar-refractivity contribution in [1.29, 1.82) is 0 Å². The molecule has 2 aromatic rings. The van der Waals surface area contributed by atoms with E-state index in [0.717, 1.165) is 30.0 Å². The highest BCUT2D eigenvalue weighted by atomic mass is 16.5. The van der Waals surface area contributed by atoms with Crippen molar-refractivity contribution in [2.75, 3.05) is 31.7 Å². The lowest BCUT2D eigenvalue weighted by atomic mass is 10.1. The SMILES string of the molecule is C(=NNc1ccccc1)c1cccc(OCCCCN2CCCCC2)c1. The Morgan fingerprint density at radius 2 is 1.81 bits per heavy atom. The van der Waals surface area contributed by atoms with Crippen LogP contribution in [0.3, 0.4) is 0 Å². The Morgan fingerprint density at radius 1 is 0.962 bits per heavy atom. The molecular weight excluding hydrogens is 322 g/mol. The first-order chi connectivity index (χ1) is 12.9. The van der Waals surface area contributed by atoms with Gasteiger partial charge in [-0.1, -0.05) is 36.8 Å². The molecule has 2 aromatic carbocycles. The predicted molar refractivity (Wildman–Crippen MR) is 109 cm³/mol. The van der Waals surface area contributed by atoms with E-state index in [0.29, 0.717) is 0 Å². The molecule has 4 heteroatoms. The highest BCUT2D eigenvalue weighted by molar-refractivity contribution is 5.80. The number of rotatable bonds is 9. The molecule has 3 rings (SSSR count). The Kier molecular flexibility index (Phi) is 7.54. The molecule has 1 saturated heterocycles. The van der Waals surface area contributed by atoms with Crippen LogP contribution in [-0.4, -0.2) is 37.4 Å². The summed E-state index contributed by atoms with van der Waals surface area (Å²) in [4.78, 5) is 2.58. The number of benzene rings is 2. The third-order valence-electron chi connectivity index (χ3n) is 4.63. The summed E-state index contributed by atoms with van der Waals surface area (Å²) in [5.74, 6) is 0.909. The summed E-state index contributed by atoms with van der Waals surface area (Å²) in [6, 6.07) is 18.0. The molecule has 0 bridgehead atoms. The standard InChI is InChI=1S/C22H29N3O/c1-3-11-21(12-4-1)24-23-19-20-10-9-13-22(18-20)26-17-8-7-16-25-14-5-2-6-15-25/h1,3-4,9-13,18-19,24H,2,5-8,14-17H2. The minimum absolute atomic E-state index is 0.775. The lowest BCUT2D eigenvalue weighted by Crippen LogP contribution is -2.30. The number of nitrogens with one attached hydrogen (secondary N) is 1. The predicted octanol–water partition coefficient (Wildman–Crippen LogP) is 4.78. The van der Waals surface area contributed by atoms with Crippen LogP contribution in [0.15, 0.2) is 59.7 Å². The topological polar surface area (TPSA) is 36.9 Å². The zero-order chi connectivity index (χ0) is 17.9. The van der Waals surface area contributed by atoms with Crippen molar-refractivity contribution in [1.82, 2.24) is 4.90 Å². The van der Waals surface area contributed by atoms with Crippen LogP contribution in [0.5, 0.6) is 5.75 Å². The van der Waals surface area contributed by atoms with E-state index in [1.807, 2.05) is 60.8 Å². The largest absolute Gasteiger partial charge is 0.494 e. The summed E-state index contributed by atoms with van der Waals surface area (Å²) in [7, 11) is 0. The van der Waals surface area contributed by atoms with E-state index in [1.165, 1.54) is 45.3 Å². The zero-order valence-electron chi connectivity index (χ0n) is 15.4. The molecular formula is C22H29N3O. The fraction of sp³-hybridized carbons (Fsp3) is 0.409. The molecule has 0 aliphatic carbocycles. The van der Waals surface area contributed by atoms with Crippen LogP contribution in [0.25, 0.3) is 0 Å². The van der Waals surface area contributed by atoms with E-state index in [-0.39, 0.29) is 0 Å². The second-order valence-corrected chi connectivity index (χ2v) is 6.77. The highest BCUT2D eigenvalue weighted by Gasteiger charge is 2.08. The fourth-order valence-electron chi connectivity index (χ4n) is 3.19. The molecule has 0 aromatic heterocycles. The number of para-hydroxylation sites is 1. The van der Waals surface area contributed by atoms with Gasteiger partial charge in [-0.15, -0.1) is 0 Å². The Morgan fingerprint density at radius 3 is 2.65 bits per heavy atom. The van der Waals surface area contributed by atoms with Gasteiger partial charge >= 0.3 is 0 Å². The van der Waals surface area contributed by atoms with Crippen molar-refractivity contribution in [3.63, 3.8) is 0 Å². The third kappa shape index (κ3) is 6.52. The number of hydrazone groups is 1. The molecule has 1 N–H and O–H groups in total. The summed E-state index contributed by atoms with van der Waals surface area (Å²) >= 11 is 0. The van der Waals surface area contributed by atoms with Gasteiger partial charge in [0, 0.05) is 0 Å². The molecule has 0 spiro atoms. The molecule has 1 fully saturated rings. The van der Waals surface area contributed by atoms with Crippen molar-refractivity contribution < 1.29 is 4.74 Å². The van der Waals surface area contributed by atoms with Gasteiger partial charge in [0.2, 0.25) is 0 Å². The summed E-state index contributed by atoms with van der Waals surface area (Å²) in [6.45, 7) is 4.54. The molecule has 0 unspecified atom stereocenters. The average molecular weight is 351 g/mol. The van der Waals surface area contributed by atoms with Gasteiger partial charge in [-0.3, -0.25) is 5.43 Å². The number of piperidine rings is 1. The first-order valence-corrected chi connectivity index (χ1v) is 9.69. The maximum absolute atomic E-state index is 5.90. The average Bonchev–Trinajstić information content (AvgIpc) is 2.70. The second-order valence-electron chi connectivity index (χ2n) is 6.77. The van der Waals surface area contributed by atoms with Gasteiger partial charge in [0.05, 0.1) is 18.5 Å². The zero-order valence-corrected chi connectivity index (χ0v) is 15.4. The van der Waals surface area contributed by atoms with Gasteiger partial charge in [0.1, 0.15) is 5.75 Å². The van der Waals surface area contributed by atoms with Gasteiger partial charge in [-0.2, -0.15) is 5.10 Å². The minimum atomic E-state index is 0.775. The van der Waals surface area contributed by atoms with Crippen LogP contribution in [0, 0.1) is 0 Å². The molecule has 1 heterocycles. The van der Waals surface area contributed by atoms with Crippen LogP contribution in [0.2, 0.25) is 0 Å². The van der Waals surface area contributed by atoms with Crippen LogP contribution < -0.4 is 10.2 Å². The van der Waals surface area contributed by atoms with Crippen LogP contribution in [-0.2, 0) is 0 Å². The number of nitrogens with zero attached hydrogens (tertiary/aromatic N) is 2. The highest BCUT2D eigenvalue weighted by Crippen LogP contribution is 2.14. The van der Waals surface area contributed by atoms with E-state index in [9.17, 15) is 0 Å². The fourth-order valence-corrected chi connectivity index (χ4v) is 3.19. The summed E-state index contributed by atoms with van der Waals surface area (Å²) in [5.41, 5.74) is 5.03. The van der Waals surface area contributed by atoms with Gasteiger partial charge < -0.3 is 9.64 Å². The molecule has 0 radical (unpaired) electrons. The molecule has 138 valence electrons. The van der Waals surface area contributed by atoms with Crippen molar-refractivity contribution in [2.45, 2.75) is 32.1 Å². The van der Waals surface area contributed by atoms with Crippen LogP contribution in [0.4, 0.5) is 5.69 Å².